The molecular weight excluding hydrogens is 276 g/mol. The summed E-state index contributed by atoms with van der Waals surface area (Å²) in [4.78, 5) is 11.5. The Labute approximate surface area is 121 Å². The Bertz CT molecular complexity index is 648. The summed E-state index contributed by atoms with van der Waals surface area (Å²) in [6, 6.07) is 6.87. The van der Waals surface area contributed by atoms with Gasteiger partial charge in [-0.15, -0.1) is 0 Å². The number of hydrogen-bond donors (Lipinski definition) is 2. The van der Waals surface area contributed by atoms with Crippen LogP contribution < -0.4 is 11.1 Å². The highest BCUT2D eigenvalue weighted by molar-refractivity contribution is 6.30. The fourth-order valence-corrected chi connectivity index (χ4v) is 2.63. The molecule has 0 bridgehead atoms. The van der Waals surface area contributed by atoms with E-state index in [2.05, 4.69) is 10.4 Å². The second-order valence-corrected chi connectivity index (χ2v) is 5.25. The molecule has 1 aliphatic heterocycles. The van der Waals surface area contributed by atoms with Crippen LogP contribution in [0, 0.1) is 0 Å². The van der Waals surface area contributed by atoms with Gasteiger partial charge in [0.2, 0.25) is 0 Å². The lowest BCUT2D eigenvalue weighted by Crippen LogP contribution is -2.23. The van der Waals surface area contributed by atoms with E-state index < -0.39 is 6.03 Å². The summed E-state index contributed by atoms with van der Waals surface area (Å²) in [6.45, 7) is 0.825. The molecule has 5 nitrogen and oxygen atoms in total. The topological polar surface area (TPSA) is 72.9 Å². The molecule has 0 atom stereocenters. The number of carbonyl (C=O) groups excluding carboxylic acids is 1. The number of aromatic nitrogens is 2. The number of nitrogens with two attached hydrogens (primary N) is 1. The first-order valence-corrected chi connectivity index (χ1v) is 6.96. The fraction of sp³-hybridized carbons (Fsp3) is 0.286. The molecule has 1 aromatic heterocycles. The zero-order valence-electron chi connectivity index (χ0n) is 10.9. The average molecular weight is 291 g/mol. The summed E-state index contributed by atoms with van der Waals surface area (Å²) in [7, 11) is 0. The van der Waals surface area contributed by atoms with Crippen LogP contribution in [0.3, 0.4) is 0 Å². The molecule has 0 aliphatic carbocycles. The maximum absolute atomic E-state index is 11.5. The Kier molecular flexibility index (Phi) is 3.36. The van der Waals surface area contributed by atoms with Crippen LogP contribution in [-0.4, -0.2) is 22.4 Å². The maximum Gasteiger partial charge on any atom is 0.341 e. The Morgan fingerprint density at radius 2 is 2.05 bits per heavy atom. The SMILES string of the molecule is NC(=O)n1nc(-c2ccc(Cl)cc2)c2c1NCCCC2. The molecule has 3 rings (SSSR count). The molecule has 0 saturated heterocycles. The number of fused-ring (bicyclic) bond motifs is 1. The van der Waals surface area contributed by atoms with Gasteiger partial charge in [-0.3, -0.25) is 0 Å². The van der Waals surface area contributed by atoms with E-state index in [1.54, 1.807) is 0 Å². The molecule has 0 fully saturated rings. The van der Waals surface area contributed by atoms with E-state index in [4.69, 9.17) is 17.3 Å². The van der Waals surface area contributed by atoms with E-state index in [9.17, 15) is 4.79 Å². The molecule has 1 aromatic carbocycles. The Morgan fingerprint density at radius 3 is 2.75 bits per heavy atom. The molecule has 20 heavy (non-hydrogen) atoms. The third kappa shape index (κ3) is 2.25. The molecule has 2 heterocycles. The van der Waals surface area contributed by atoms with Crippen LogP contribution in [0.15, 0.2) is 24.3 Å². The minimum atomic E-state index is -0.573. The minimum absolute atomic E-state index is 0.573. The van der Waals surface area contributed by atoms with Crippen LogP contribution in [-0.2, 0) is 6.42 Å². The van der Waals surface area contributed by atoms with Gasteiger partial charge in [-0.2, -0.15) is 9.78 Å². The summed E-state index contributed by atoms with van der Waals surface area (Å²) in [5.41, 5.74) is 8.19. The van der Waals surface area contributed by atoms with Crippen LogP contribution in [0.1, 0.15) is 18.4 Å². The van der Waals surface area contributed by atoms with Crippen molar-refractivity contribution in [2.45, 2.75) is 19.3 Å². The van der Waals surface area contributed by atoms with E-state index >= 15 is 0 Å². The standard InChI is InChI=1S/C14H15ClN4O/c15-10-6-4-9(5-7-10)12-11-3-1-2-8-17-13(11)19(18-12)14(16)20/h4-7,17H,1-3,8H2,(H2,16,20). The Balaban J connectivity index is 2.15. The summed E-state index contributed by atoms with van der Waals surface area (Å²) in [5, 5.41) is 8.29. The highest BCUT2D eigenvalue weighted by Gasteiger charge is 2.22. The number of amides is 1. The number of carbonyl (C=O) groups is 1. The number of rotatable bonds is 1. The van der Waals surface area contributed by atoms with Gasteiger partial charge in [-0.05, 0) is 31.4 Å². The summed E-state index contributed by atoms with van der Waals surface area (Å²) < 4.78 is 1.25. The Hall–Kier alpha value is -2.01. The van der Waals surface area contributed by atoms with Gasteiger partial charge in [-0.25, -0.2) is 4.79 Å². The first-order valence-electron chi connectivity index (χ1n) is 6.58. The number of nitrogens with zero attached hydrogens (tertiary/aromatic N) is 2. The predicted molar refractivity (Wildman–Crippen MR) is 79.1 cm³/mol. The van der Waals surface area contributed by atoms with E-state index in [1.807, 2.05) is 24.3 Å². The third-order valence-corrected chi connectivity index (χ3v) is 3.71. The van der Waals surface area contributed by atoms with Crippen LogP contribution in [0.4, 0.5) is 10.6 Å². The van der Waals surface area contributed by atoms with E-state index in [-0.39, 0.29) is 0 Å². The van der Waals surface area contributed by atoms with Crippen molar-refractivity contribution in [3.8, 4) is 11.3 Å². The molecule has 0 radical (unpaired) electrons. The van der Waals surface area contributed by atoms with Crippen LogP contribution in [0.2, 0.25) is 5.02 Å². The zero-order chi connectivity index (χ0) is 14.1. The van der Waals surface area contributed by atoms with Crippen molar-refractivity contribution in [3.05, 3.63) is 34.9 Å². The molecule has 2 aromatic rings. The normalized spacial score (nSPS) is 14.2. The Morgan fingerprint density at radius 1 is 1.30 bits per heavy atom. The van der Waals surface area contributed by atoms with Crippen LogP contribution in [0.25, 0.3) is 11.3 Å². The number of nitrogens with one attached hydrogen (secondary N) is 1. The lowest BCUT2D eigenvalue weighted by Gasteiger charge is -2.04. The monoisotopic (exact) mass is 290 g/mol. The first-order chi connectivity index (χ1) is 9.66. The summed E-state index contributed by atoms with van der Waals surface area (Å²) >= 11 is 5.91. The smallest absolute Gasteiger partial charge is 0.341 e. The number of anilines is 1. The molecule has 0 saturated carbocycles. The molecule has 1 aliphatic rings. The van der Waals surface area contributed by atoms with Crippen molar-refractivity contribution in [1.82, 2.24) is 9.78 Å². The molecule has 1 amide bonds. The summed E-state index contributed by atoms with van der Waals surface area (Å²) in [5.74, 6) is 0.722. The third-order valence-electron chi connectivity index (χ3n) is 3.46. The van der Waals surface area contributed by atoms with Crippen LogP contribution in [0.5, 0.6) is 0 Å². The van der Waals surface area contributed by atoms with Gasteiger partial charge in [0.05, 0.1) is 5.69 Å². The molecule has 104 valence electrons. The second-order valence-electron chi connectivity index (χ2n) is 4.82. The molecule has 6 heteroatoms. The van der Waals surface area contributed by atoms with Gasteiger partial charge in [-0.1, -0.05) is 23.7 Å². The second kappa shape index (κ2) is 5.17. The highest BCUT2D eigenvalue weighted by Crippen LogP contribution is 2.32. The highest BCUT2D eigenvalue weighted by atomic mass is 35.5. The van der Waals surface area contributed by atoms with Crippen molar-refractivity contribution < 1.29 is 4.79 Å². The van der Waals surface area contributed by atoms with Gasteiger partial charge < -0.3 is 11.1 Å². The van der Waals surface area contributed by atoms with Crippen LogP contribution >= 0.6 is 11.6 Å². The number of halogens is 1. The van der Waals surface area contributed by atoms with Crippen molar-refractivity contribution >= 4 is 23.4 Å². The van der Waals surface area contributed by atoms with Gasteiger partial charge in [0.15, 0.2) is 0 Å². The van der Waals surface area contributed by atoms with Gasteiger partial charge in [0, 0.05) is 22.7 Å². The molecular formula is C14H15ClN4O. The minimum Gasteiger partial charge on any atom is -0.370 e. The van der Waals surface area contributed by atoms with Crippen molar-refractivity contribution in [3.63, 3.8) is 0 Å². The number of primary amides is 1. The van der Waals surface area contributed by atoms with Crippen molar-refractivity contribution in [2.75, 3.05) is 11.9 Å². The van der Waals surface area contributed by atoms with E-state index in [0.29, 0.717) is 5.02 Å². The molecule has 3 N–H and O–H groups in total. The van der Waals surface area contributed by atoms with E-state index in [1.165, 1.54) is 4.68 Å². The van der Waals surface area contributed by atoms with Crippen molar-refractivity contribution in [2.24, 2.45) is 5.73 Å². The average Bonchev–Trinajstić information content (AvgIpc) is 2.63. The van der Waals surface area contributed by atoms with Gasteiger partial charge in [0.1, 0.15) is 5.82 Å². The maximum atomic E-state index is 11.5. The fourth-order valence-electron chi connectivity index (χ4n) is 2.50. The first kappa shape index (κ1) is 13.0. The van der Waals surface area contributed by atoms with E-state index in [0.717, 1.165) is 48.4 Å². The van der Waals surface area contributed by atoms with Gasteiger partial charge in [0.25, 0.3) is 0 Å². The zero-order valence-corrected chi connectivity index (χ0v) is 11.7. The number of hydrogen-bond acceptors (Lipinski definition) is 3. The largest absolute Gasteiger partial charge is 0.370 e. The number of benzene rings is 1. The summed E-state index contributed by atoms with van der Waals surface area (Å²) in [6.07, 6.45) is 3.01. The predicted octanol–water partition coefficient (Wildman–Crippen LogP) is 2.88. The van der Waals surface area contributed by atoms with Gasteiger partial charge >= 0.3 is 6.03 Å². The van der Waals surface area contributed by atoms with Crippen molar-refractivity contribution in [1.29, 1.82) is 0 Å². The lowest BCUT2D eigenvalue weighted by atomic mass is 10.0. The molecule has 0 spiro atoms. The molecule has 0 unspecified atom stereocenters. The quantitative estimate of drug-likeness (QED) is 0.848. The lowest BCUT2D eigenvalue weighted by molar-refractivity contribution is 0.248.